The van der Waals surface area contributed by atoms with Gasteiger partial charge < -0.3 is 14.9 Å². The number of carbonyl (C=O) groups excluding carboxylic acids is 1. The molecule has 2 N–H and O–H groups in total. The van der Waals surface area contributed by atoms with Gasteiger partial charge in [0.1, 0.15) is 0 Å². The van der Waals surface area contributed by atoms with Gasteiger partial charge in [0, 0.05) is 43.3 Å². The Morgan fingerprint density at radius 3 is 2.46 bits per heavy atom. The normalized spacial score (nSPS) is 25.0. The average Bonchev–Trinajstić information content (AvgIpc) is 3.32. The second-order valence-electron chi connectivity index (χ2n) is 14.1. The van der Waals surface area contributed by atoms with Crippen molar-refractivity contribution in [1.82, 2.24) is 4.31 Å². The SMILES string of the molecule is COCCCN(CC1(O)CCC2c3ccc(cc3C(=O)c3ccccc3-c3ccccc3)CC(O)CCC(C)=CCCC21C)S(C)(=O)=O. The molecule has 0 aliphatic heterocycles. The van der Waals surface area contributed by atoms with Gasteiger partial charge in [-0.3, -0.25) is 4.79 Å². The van der Waals surface area contributed by atoms with Crippen molar-refractivity contribution >= 4 is 15.8 Å². The second kappa shape index (κ2) is 15.2. The van der Waals surface area contributed by atoms with Gasteiger partial charge in [-0.05, 0) is 92.5 Å². The summed E-state index contributed by atoms with van der Waals surface area (Å²) in [5, 5.41) is 23.6. The molecular weight excluding hydrogens is 623 g/mol. The summed E-state index contributed by atoms with van der Waals surface area (Å²) in [5.41, 5.74) is 3.84. The maximum absolute atomic E-state index is 14.8. The summed E-state index contributed by atoms with van der Waals surface area (Å²) in [6.45, 7) is 4.82. The van der Waals surface area contributed by atoms with E-state index in [1.807, 2.05) is 72.8 Å². The number of hydrogen-bond donors (Lipinski definition) is 2. The van der Waals surface area contributed by atoms with Crippen molar-refractivity contribution in [1.29, 1.82) is 0 Å². The van der Waals surface area contributed by atoms with E-state index >= 15 is 0 Å². The third-order valence-corrected chi connectivity index (χ3v) is 12.1. The summed E-state index contributed by atoms with van der Waals surface area (Å²) in [5.74, 6) is -0.305. The first-order chi connectivity index (χ1) is 22.9. The number of rotatable bonds is 10. The first kappa shape index (κ1) is 36.1. The molecule has 0 spiro atoms. The van der Waals surface area contributed by atoms with Crippen LogP contribution in [0.25, 0.3) is 11.1 Å². The number of methoxy groups -OCH3 is 1. The van der Waals surface area contributed by atoms with Gasteiger partial charge in [0.05, 0.1) is 18.0 Å². The maximum atomic E-state index is 14.8. The Balaban J connectivity index is 1.64. The Hall–Kier alpha value is -3.14. The third-order valence-electron chi connectivity index (χ3n) is 10.8. The molecule has 7 nitrogen and oxygen atoms in total. The molecule has 0 saturated heterocycles. The highest BCUT2D eigenvalue weighted by molar-refractivity contribution is 7.88. The Bertz CT molecular complexity index is 1720. The Labute approximate surface area is 286 Å². The Kier molecular flexibility index (Phi) is 11.4. The van der Waals surface area contributed by atoms with Crippen LogP contribution in [-0.4, -0.2) is 73.5 Å². The minimum Gasteiger partial charge on any atom is -0.393 e. The summed E-state index contributed by atoms with van der Waals surface area (Å²) in [4.78, 5) is 14.8. The molecule has 4 atom stereocenters. The molecule has 0 heterocycles. The highest BCUT2D eigenvalue weighted by Gasteiger charge is 2.57. The highest BCUT2D eigenvalue weighted by Crippen LogP contribution is 2.59. The van der Waals surface area contributed by atoms with Gasteiger partial charge in [-0.2, -0.15) is 4.31 Å². The average molecular weight is 674 g/mol. The van der Waals surface area contributed by atoms with Crippen molar-refractivity contribution in [3.8, 4) is 11.1 Å². The topological polar surface area (TPSA) is 104 Å². The van der Waals surface area contributed by atoms with Crippen molar-refractivity contribution in [3.05, 3.63) is 107 Å². The Morgan fingerprint density at radius 2 is 1.73 bits per heavy atom. The summed E-state index contributed by atoms with van der Waals surface area (Å²) in [6, 6.07) is 23.5. The van der Waals surface area contributed by atoms with Gasteiger partial charge in [0.15, 0.2) is 5.78 Å². The lowest BCUT2D eigenvalue weighted by atomic mass is 9.64. The zero-order valence-electron chi connectivity index (χ0n) is 28.8. The lowest BCUT2D eigenvalue weighted by molar-refractivity contribution is -0.0726. The van der Waals surface area contributed by atoms with Crippen LogP contribution in [-0.2, 0) is 21.2 Å². The fourth-order valence-corrected chi connectivity index (χ4v) is 8.84. The fourth-order valence-electron chi connectivity index (χ4n) is 7.93. The largest absolute Gasteiger partial charge is 0.393 e. The van der Waals surface area contributed by atoms with Crippen LogP contribution < -0.4 is 0 Å². The van der Waals surface area contributed by atoms with Crippen molar-refractivity contribution < 1.29 is 28.2 Å². The van der Waals surface area contributed by atoms with Crippen molar-refractivity contribution in [2.24, 2.45) is 5.41 Å². The summed E-state index contributed by atoms with van der Waals surface area (Å²) in [6.07, 6.45) is 7.48. The lowest BCUT2D eigenvalue weighted by Gasteiger charge is -2.45. The van der Waals surface area contributed by atoms with Crippen LogP contribution >= 0.6 is 0 Å². The molecule has 48 heavy (non-hydrogen) atoms. The minimum atomic E-state index is -3.61. The van der Waals surface area contributed by atoms with Crippen molar-refractivity contribution in [2.75, 3.05) is 33.1 Å². The van der Waals surface area contributed by atoms with Crippen LogP contribution in [0.2, 0.25) is 0 Å². The van der Waals surface area contributed by atoms with Crippen LogP contribution in [0.3, 0.4) is 0 Å². The Morgan fingerprint density at radius 1 is 1.00 bits per heavy atom. The fraction of sp³-hybridized carbons (Fsp3) is 0.475. The van der Waals surface area contributed by atoms with E-state index in [9.17, 15) is 23.4 Å². The maximum Gasteiger partial charge on any atom is 0.211 e. The second-order valence-corrected chi connectivity index (χ2v) is 16.1. The third kappa shape index (κ3) is 7.84. The van der Waals surface area contributed by atoms with Gasteiger partial charge in [-0.25, -0.2) is 8.42 Å². The van der Waals surface area contributed by atoms with Gasteiger partial charge in [-0.15, -0.1) is 0 Å². The zero-order chi connectivity index (χ0) is 34.5. The van der Waals surface area contributed by atoms with Crippen LogP contribution in [0, 0.1) is 5.41 Å². The van der Waals surface area contributed by atoms with E-state index in [0.29, 0.717) is 62.7 Å². The van der Waals surface area contributed by atoms with Gasteiger partial charge >= 0.3 is 0 Å². The first-order valence-corrected chi connectivity index (χ1v) is 19.0. The van der Waals surface area contributed by atoms with E-state index in [4.69, 9.17) is 4.74 Å². The number of aliphatic hydroxyl groups is 2. The number of benzene rings is 3. The van der Waals surface area contributed by atoms with Gasteiger partial charge in [0.25, 0.3) is 0 Å². The van der Waals surface area contributed by atoms with Crippen LogP contribution in [0.1, 0.15) is 91.8 Å². The molecule has 4 unspecified atom stereocenters. The summed E-state index contributed by atoms with van der Waals surface area (Å²) < 4.78 is 32.6. The van der Waals surface area contributed by atoms with Crippen LogP contribution in [0.15, 0.2) is 84.4 Å². The summed E-state index contributed by atoms with van der Waals surface area (Å²) in [7, 11) is -2.02. The van der Waals surface area contributed by atoms with E-state index in [2.05, 4.69) is 19.9 Å². The predicted octanol–water partition coefficient (Wildman–Crippen LogP) is 6.92. The number of ether oxygens (including phenoxy) is 1. The number of carbonyl (C=O) groups is 1. The number of aliphatic hydroxyl groups excluding tert-OH is 1. The molecule has 3 aromatic rings. The molecule has 3 aromatic carbocycles. The van der Waals surface area contributed by atoms with Crippen molar-refractivity contribution in [2.45, 2.75) is 82.8 Å². The number of hydrogen-bond acceptors (Lipinski definition) is 6. The lowest BCUT2D eigenvalue weighted by Crippen LogP contribution is -2.53. The molecule has 0 amide bonds. The molecular formula is C40H51NO6S. The molecule has 0 radical (unpaired) electrons. The van der Waals surface area contributed by atoms with Gasteiger partial charge in [0.2, 0.25) is 10.0 Å². The number of allylic oxidation sites excluding steroid dienone is 2. The quantitative estimate of drug-likeness (QED) is 0.138. The predicted molar refractivity (Wildman–Crippen MR) is 192 cm³/mol. The molecule has 3 aliphatic rings. The zero-order valence-corrected chi connectivity index (χ0v) is 29.6. The highest BCUT2D eigenvalue weighted by atomic mass is 32.2. The first-order valence-electron chi connectivity index (χ1n) is 17.2. The molecule has 3 aliphatic carbocycles. The number of fused-ring (bicyclic) bond motifs is 8. The monoisotopic (exact) mass is 673 g/mol. The molecule has 2 bridgehead atoms. The number of sulfonamides is 1. The molecule has 6 rings (SSSR count). The molecule has 258 valence electrons. The van der Waals surface area contributed by atoms with E-state index in [-0.39, 0.29) is 24.8 Å². The number of ketones is 1. The number of nitrogens with zero attached hydrogens (tertiary/aromatic N) is 1. The van der Waals surface area contributed by atoms with Crippen LogP contribution in [0.4, 0.5) is 0 Å². The molecule has 1 fully saturated rings. The molecule has 1 saturated carbocycles. The standard InChI is InChI=1S/C40H51NO6S/c1-29-12-10-22-39(2)37(21-23-40(39,44)28-41(48(4,45)46)24-11-25-47-3)34-20-18-30(26-32(42)19-17-29)27-36(34)38(43)35-16-9-8-15-33(35)31-13-6-5-7-14-31/h5-9,12-16,18,20,27,32,37,42,44H,10-11,17,19,21-26,28H2,1-4H3. The van der Waals surface area contributed by atoms with Crippen molar-refractivity contribution in [3.63, 3.8) is 0 Å². The van der Waals surface area contributed by atoms with E-state index < -0.39 is 27.1 Å². The molecule has 8 heteroatoms. The molecule has 0 aromatic heterocycles. The van der Waals surface area contributed by atoms with E-state index in [0.717, 1.165) is 28.7 Å². The summed E-state index contributed by atoms with van der Waals surface area (Å²) >= 11 is 0. The van der Waals surface area contributed by atoms with Crippen LogP contribution in [0.5, 0.6) is 0 Å². The van der Waals surface area contributed by atoms with E-state index in [1.165, 1.54) is 16.1 Å². The van der Waals surface area contributed by atoms with E-state index in [1.54, 1.807) is 7.11 Å². The van der Waals surface area contributed by atoms with Gasteiger partial charge in [-0.1, -0.05) is 85.3 Å². The smallest absolute Gasteiger partial charge is 0.211 e. The minimum absolute atomic E-state index is 0.0182.